The predicted molar refractivity (Wildman–Crippen MR) is 57.4 cm³/mol. The van der Waals surface area contributed by atoms with Crippen molar-refractivity contribution in [2.24, 2.45) is 0 Å². The van der Waals surface area contributed by atoms with Crippen LogP contribution in [-0.2, 0) is 0 Å². The Kier molecular flexibility index (Phi) is 3.26. The van der Waals surface area contributed by atoms with Crippen molar-refractivity contribution < 1.29 is 4.74 Å². The Labute approximate surface area is 92.6 Å². The molecule has 0 bridgehead atoms. The molecule has 1 heterocycles. The largest absolute Gasteiger partial charge is 0.487 e. The average molecular weight is 229 g/mol. The number of aromatic amines is 1. The van der Waals surface area contributed by atoms with E-state index in [1.54, 1.807) is 0 Å². The van der Waals surface area contributed by atoms with Gasteiger partial charge in [-0.05, 0) is 25.7 Å². The second-order valence-corrected chi connectivity index (χ2v) is 4.13. The van der Waals surface area contributed by atoms with Crippen molar-refractivity contribution in [1.82, 2.24) is 10.2 Å². The summed E-state index contributed by atoms with van der Waals surface area (Å²) in [5, 5.41) is 6.02. The van der Waals surface area contributed by atoms with Gasteiger partial charge in [0.2, 0.25) is 0 Å². The van der Waals surface area contributed by atoms with E-state index in [0.717, 1.165) is 12.8 Å². The Morgan fingerprint density at radius 2 is 2.13 bits per heavy atom. The molecule has 1 saturated carbocycles. The number of hydrogen-bond acceptors (Lipinski definition) is 3. The summed E-state index contributed by atoms with van der Waals surface area (Å²) >= 11 is 5.80. The van der Waals surface area contributed by atoms with E-state index in [1.807, 2.05) is 0 Å². The lowest BCUT2D eigenvalue weighted by Gasteiger charge is -2.22. The van der Waals surface area contributed by atoms with E-state index in [9.17, 15) is 4.79 Å². The van der Waals surface area contributed by atoms with Crippen molar-refractivity contribution in [3.05, 3.63) is 21.6 Å². The Morgan fingerprint density at radius 1 is 1.40 bits per heavy atom. The molecule has 1 aliphatic carbocycles. The highest BCUT2D eigenvalue weighted by molar-refractivity contribution is 6.31. The molecule has 0 unspecified atom stereocenters. The molecule has 15 heavy (non-hydrogen) atoms. The van der Waals surface area contributed by atoms with Gasteiger partial charge in [-0.15, -0.1) is 0 Å². The van der Waals surface area contributed by atoms with E-state index < -0.39 is 5.56 Å². The fraction of sp³-hybridized carbons (Fsp3) is 0.600. The van der Waals surface area contributed by atoms with Crippen LogP contribution in [0.5, 0.6) is 5.75 Å². The summed E-state index contributed by atoms with van der Waals surface area (Å²) in [5.74, 6) is 0.396. The molecule has 2 rings (SSSR count). The lowest BCUT2D eigenvalue weighted by atomic mass is 9.98. The highest BCUT2D eigenvalue weighted by atomic mass is 35.5. The molecule has 0 spiro atoms. The molecule has 82 valence electrons. The molecule has 4 nitrogen and oxygen atoms in total. The standard InChI is InChI=1S/C10H13ClN2O2/c11-9-8(6-12-13-10(9)14)15-7-4-2-1-3-5-7/h6-7H,1-5H2,(H,13,14). The first-order chi connectivity index (χ1) is 7.27. The van der Waals surface area contributed by atoms with Crippen LogP contribution in [0.15, 0.2) is 11.0 Å². The summed E-state index contributed by atoms with van der Waals surface area (Å²) in [6.07, 6.45) is 7.32. The highest BCUT2D eigenvalue weighted by Crippen LogP contribution is 2.25. The Balaban J connectivity index is 2.09. The van der Waals surface area contributed by atoms with Crippen LogP contribution in [0.2, 0.25) is 5.02 Å². The molecule has 1 aliphatic rings. The summed E-state index contributed by atoms with van der Waals surface area (Å²) in [7, 11) is 0. The van der Waals surface area contributed by atoms with Gasteiger partial charge in [-0.3, -0.25) is 4.79 Å². The van der Waals surface area contributed by atoms with Gasteiger partial charge < -0.3 is 4.74 Å². The van der Waals surface area contributed by atoms with Gasteiger partial charge in [0.05, 0.1) is 12.3 Å². The van der Waals surface area contributed by atoms with Crippen LogP contribution >= 0.6 is 11.6 Å². The van der Waals surface area contributed by atoms with Crippen LogP contribution in [0.1, 0.15) is 32.1 Å². The maximum absolute atomic E-state index is 11.2. The predicted octanol–water partition coefficient (Wildman–Crippen LogP) is 2.13. The molecule has 0 aromatic carbocycles. The number of halogens is 1. The number of rotatable bonds is 2. The Morgan fingerprint density at radius 3 is 2.87 bits per heavy atom. The van der Waals surface area contributed by atoms with Crippen LogP contribution < -0.4 is 10.3 Å². The summed E-state index contributed by atoms with van der Waals surface area (Å²) in [6.45, 7) is 0. The summed E-state index contributed by atoms with van der Waals surface area (Å²) < 4.78 is 5.65. The van der Waals surface area contributed by atoms with Crippen LogP contribution in [0.3, 0.4) is 0 Å². The molecule has 0 aliphatic heterocycles. The van der Waals surface area contributed by atoms with E-state index in [2.05, 4.69) is 10.2 Å². The van der Waals surface area contributed by atoms with E-state index in [4.69, 9.17) is 16.3 Å². The zero-order valence-corrected chi connectivity index (χ0v) is 9.09. The van der Waals surface area contributed by atoms with Crippen LogP contribution in [-0.4, -0.2) is 16.3 Å². The average Bonchev–Trinajstić information content (AvgIpc) is 2.26. The fourth-order valence-electron chi connectivity index (χ4n) is 1.81. The molecule has 0 amide bonds. The molecule has 1 fully saturated rings. The van der Waals surface area contributed by atoms with Crippen LogP contribution in [0.25, 0.3) is 0 Å². The van der Waals surface area contributed by atoms with Gasteiger partial charge in [0.1, 0.15) is 0 Å². The quantitative estimate of drug-likeness (QED) is 0.844. The Hall–Kier alpha value is -1.03. The molecule has 1 aromatic heterocycles. The van der Waals surface area contributed by atoms with Gasteiger partial charge in [0.15, 0.2) is 10.8 Å². The minimum absolute atomic E-state index is 0.0931. The van der Waals surface area contributed by atoms with Crippen molar-refractivity contribution in [3.8, 4) is 5.75 Å². The number of ether oxygens (including phenoxy) is 1. The van der Waals surface area contributed by atoms with Crippen molar-refractivity contribution in [1.29, 1.82) is 0 Å². The summed E-state index contributed by atoms with van der Waals surface area (Å²) in [4.78, 5) is 11.2. The van der Waals surface area contributed by atoms with E-state index in [-0.39, 0.29) is 11.1 Å². The van der Waals surface area contributed by atoms with Crippen molar-refractivity contribution >= 4 is 11.6 Å². The van der Waals surface area contributed by atoms with E-state index >= 15 is 0 Å². The second-order valence-electron chi connectivity index (χ2n) is 3.76. The van der Waals surface area contributed by atoms with Crippen molar-refractivity contribution in [3.63, 3.8) is 0 Å². The van der Waals surface area contributed by atoms with Gasteiger partial charge in [-0.2, -0.15) is 5.10 Å². The van der Waals surface area contributed by atoms with Crippen molar-refractivity contribution in [2.45, 2.75) is 38.2 Å². The molecule has 5 heteroatoms. The Bertz CT molecular complexity index is 385. The summed E-state index contributed by atoms with van der Waals surface area (Å²) in [6, 6.07) is 0. The van der Waals surface area contributed by atoms with Gasteiger partial charge in [0, 0.05) is 0 Å². The molecular formula is C10H13ClN2O2. The van der Waals surface area contributed by atoms with Gasteiger partial charge in [-0.25, -0.2) is 5.10 Å². The lowest BCUT2D eigenvalue weighted by Crippen LogP contribution is -2.21. The van der Waals surface area contributed by atoms with Crippen molar-refractivity contribution in [2.75, 3.05) is 0 Å². The third-order valence-electron chi connectivity index (χ3n) is 2.61. The topological polar surface area (TPSA) is 55.0 Å². The molecule has 0 radical (unpaired) electrons. The zero-order valence-electron chi connectivity index (χ0n) is 8.33. The first-order valence-electron chi connectivity index (χ1n) is 5.17. The molecule has 1 N–H and O–H groups in total. The van der Waals surface area contributed by atoms with E-state index in [0.29, 0.717) is 5.75 Å². The highest BCUT2D eigenvalue weighted by Gasteiger charge is 2.17. The maximum atomic E-state index is 11.2. The van der Waals surface area contributed by atoms with E-state index in [1.165, 1.54) is 25.5 Å². The van der Waals surface area contributed by atoms with Gasteiger partial charge in [-0.1, -0.05) is 18.0 Å². The lowest BCUT2D eigenvalue weighted by molar-refractivity contribution is 0.154. The first kappa shape index (κ1) is 10.5. The molecule has 0 saturated heterocycles. The number of aromatic nitrogens is 2. The molecular weight excluding hydrogens is 216 g/mol. The third kappa shape index (κ3) is 2.50. The van der Waals surface area contributed by atoms with Crippen LogP contribution in [0, 0.1) is 0 Å². The number of hydrogen-bond donors (Lipinski definition) is 1. The number of nitrogens with one attached hydrogen (secondary N) is 1. The maximum Gasteiger partial charge on any atom is 0.286 e. The summed E-state index contributed by atoms with van der Waals surface area (Å²) in [5.41, 5.74) is -0.398. The normalized spacial score (nSPS) is 17.7. The second kappa shape index (κ2) is 4.66. The molecule has 0 atom stereocenters. The molecule has 1 aromatic rings. The first-order valence-corrected chi connectivity index (χ1v) is 5.55. The number of nitrogens with zero attached hydrogens (tertiary/aromatic N) is 1. The van der Waals surface area contributed by atoms with Crippen LogP contribution in [0.4, 0.5) is 0 Å². The number of H-pyrrole nitrogens is 1. The fourth-order valence-corrected chi connectivity index (χ4v) is 1.95. The SMILES string of the molecule is O=c1[nH]ncc(OC2CCCCC2)c1Cl. The minimum Gasteiger partial charge on any atom is -0.487 e. The third-order valence-corrected chi connectivity index (χ3v) is 2.97. The zero-order chi connectivity index (χ0) is 10.7. The smallest absolute Gasteiger partial charge is 0.286 e. The van der Waals surface area contributed by atoms with Gasteiger partial charge in [0.25, 0.3) is 5.56 Å². The minimum atomic E-state index is -0.398. The monoisotopic (exact) mass is 228 g/mol. The van der Waals surface area contributed by atoms with Gasteiger partial charge >= 0.3 is 0 Å².